The molecule has 2 bridgehead atoms. The van der Waals surface area contributed by atoms with Crippen molar-refractivity contribution >= 4 is 35.3 Å². The Morgan fingerprint density at radius 3 is 2.25 bits per heavy atom. The van der Waals surface area contributed by atoms with E-state index in [2.05, 4.69) is 0 Å². The number of methoxy groups -OCH3 is 3. The summed E-state index contributed by atoms with van der Waals surface area (Å²) in [5.41, 5.74) is 1.24. The Morgan fingerprint density at radius 1 is 0.873 bits per heavy atom. The van der Waals surface area contributed by atoms with Crippen molar-refractivity contribution < 1.29 is 72.2 Å². The average molecular weight is 1000 g/mol. The van der Waals surface area contributed by atoms with Gasteiger partial charge in [-0.3, -0.25) is 24.0 Å². The number of aliphatic hydroxyl groups excluding tert-OH is 1. The molecular formula is C54H84N2O15. The van der Waals surface area contributed by atoms with E-state index in [-0.39, 0.29) is 42.8 Å². The van der Waals surface area contributed by atoms with Crippen LogP contribution in [0.3, 0.4) is 0 Å². The maximum atomic E-state index is 14.5. The predicted molar refractivity (Wildman–Crippen MR) is 264 cm³/mol. The highest BCUT2D eigenvalue weighted by Crippen LogP contribution is 2.38. The second-order valence-corrected chi connectivity index (χ2v) is 20.6. The first-order valence-corrected chi connectivity index (χ1v) is 25.6. The van der Waals surface area contributed by atoms with Crippen LogP contribution in [0.1, 0.15) is 126 Å². The fraction of sp³-hybridized carbons (Fsp3) is 0.741. The zero-order chi connectivity index (χ0) is 52.7. The van der Waals surface area contributed by atoms with Gasteiger partial charge in [0.25, 0.3) is 11.7 Å². The molecule has 0 aromatic heterocycles. The van der Waals surface area contributed by atoms with Crippen molar-refractivity contribution in [3.63, 3.8) is 0 Å². The quantitative estimate of drug-likeness (QED) is 0.111. The third-order valence-corrected chi connectivity index (χ3v) is 15.2. The molecule has 71 heavy (non-hydrogen) atoms. The Bertz CT molecular complexity index is 1950. The molecule has 3 heterocycles. The number of ether oxygens (including phenoxy) is 6. The van der Waals surface area contributed by atoms with Gasteiger partial charge in [-0.05, 0) is 107 Å². The molecule has 3 aliphatic heterocycles. The lowest BCUT2D eigenvalue weighted by atomic mass is 9.78. The van der Waals surface area contributed by atoms with Crippen LogP contribution in [0.5, 0.6) is 0 Å². The number of hydrogen-bond donors (Lipinski definition) is 2. The van der Waals surface area contributed by atoms with Crippen LogP contribution in [0.4, 0.5) is 4.79 Å². The lowest BCUT2D eigenvalue weighted by Crippen LogP contribution is -2.61. The molecule has 4 aliphatic rings. The molecule has 0 aromatic rings. The van der Waals surface area contributed by atoms with Gasteiger partial charge in [0.2, 0.25) is 5.79 Å². The van der Waals surface area contributed by atoms with Crippen LogP contribution in [0.15, 0.2) is 47.6 Å². The van der Waals surface area contributed by atoms with Gasteiger partial charge in [0.1, 0.15) is 36.2 Å². The van der Waals surface area contributed by atoms with Crippen LogP contribution in [-0.2, 0) is 57.2 Å². The van der Waals surface area contributed by atoms with Gasteiger partial charge in [0, 0.05) is 65.5 Å². The topological polar surface area (TPSA) is 214 Å². The van der Waals surface area contributed by atoms with Crippen molar-refractivity contribution in [1.29, 1.82) is 0 Å². The summed E-state index contributed by atoms with van der Waals surface area (Å²) < 4.78 is 35.4. The van der Waals surface area contributed by atoms with Crippen molar-refractivity contribution in [2.24, 2.45) is 35.5 Å². The lowest BCUT2D eigenvalue weighted by Gasteiger charge is -2.42. The molecule has 400 valence electrons. The largest absolute Gasteiger partial charge is 0.460 e. The van der Waals surface area contributed by atoms with Gasteiger partial charge in [0.05, 0.1) is 25.4 Å². The van der Waals surface area contributed by atoms with Gasteiger partial charge in [-0.15, -0.1) is 0 Å². The predicted octanol–water partition coefficient (Wildman–Crippen LogP) is 6.82. The van der Waals surface area contributed by atoms with E-state index in [1.165, 1.54) is 26.2 Å². The van der Waals surface area contributed by atoms with Crippen LogP contribution in [-0.4, -0.2) is 152 Å². The maximum absolute atomic E-state index is 14.5. The first-order valence-electron chi connectivity index (χ1n) is 25.6. The SMILES string of the molecule is COC1C(=O)C(C)C[C@H](C)C=CC=CC=C(C)[C@@H](OC)C[C@@H]2CC[C@@H](C)[C@@](O)(O2)C(=O)C(=O)N2CCCC[C@H]2C(=O)O[C@H]([C@H](C)C[C@@H]2CC[C@@H](OC(=O)N(C)OC)[C@H](OC)C2)CC(=O)[C@H](C)C=C(C)[C@H]1O. The minimum Gasteiger partial charge on any atom is -0.460 e. The van der Waals surface area contributed by atoms with Gasteiger partial charge in [-0.25, -0.2) is 9.59 Å². The summed E-state index contributed by atoms with van der Waals surface area (Å²) in [5, 5.41) is 24.5. The van der Waals surface area contributed by atoms with E-state index in [0.29, 0.717) is 69.8 Å². The van der Waals surface area contributed by atoms with Gasteiger partial charge >= 0.3 is 12.1 Å². The molecule has 0 spiro atoms. The Kier molecular flexibility index (Phi) is 23.3. The molecule has 0 radical (unpaired) electrons. The smallest absolute Gasteiger partial charge is 0.434 e. The second kappa shape index (κ2) is 27.8. The van der Waals surface area contributed by atoms with E-state index < -0.39 is 102 Å². The number of allylic oxidation sites excluding steroid dienone is 6. The third kappa shape index (κ3) is 15.9. The molecule has 17 nitrogen and oxygen atoms in total. The average Bonchev–Trinajstić information content (AvgIpc) is 3.35. The lowest BCUT2D eigenvalue weighted by molar-refractivity contribution is -0.265. The van der Waals surface area contributed by atoms with Gasteiger partial charge < -0.3 is 43.5 Å². The summed E-state index contributed by atoms with van der Waals surface area (Å²) in [5.74, 6) is -8.34. The summed E-state index contributed by atoms with van der Waals surface area (Å²) in [6.45, 7) is 12.6. The van der Waals surface area contributed by atoms with Crippen LogP contribution in [0.2, 0.25) is 0 Å². The summed E-state index contributed by atoms with van der Waals surface area (Å²) in [6, 6.07) is -1.18. The number of hydroxylamine groups is 2. The molecule has 2 amide bonds. The van der Waals surface area contributed by atoms with E-state index in [9.17, 15) is 39.0 Å². The fourth-order valence-electron chi connectivity index (χ4n) is 10.5. The Labute approximate surface area is 421 Å². The first-order chi connectivity index (χ1) is 33.6. The van der Waals surface area contributed by atoms with E-state index in [0.717, 1.165) is 10.6 Å². The zero-order valence-corrected chi connectivity index (χ0v) is 44.3. The minimum absolute atomic E-state index is 0.00393. The van der Waals surface area contributed by atoms with Gasteiger partial charge in [-0.1, -0.05) is 71.1 Å². The highest BCUT2D eigenvalue weighted by molar-refractivity contribution is 6.39. The third-order valence-electron chi connectivity index (χ3n) is 15.2. The monoisotopic (exact) mass is 1000 g/mol. The molecule has 0 aromatic carbocycles. The molecule has 3 fully saturated rings. The molecule has 17 heteroatoms. The van der Waals surface area contributed by atoms with E-state index >= 15 is 0 Å². The highest BCUT2D eigenvalue weighted by atomic mass is 16.7. The number of cyclic esters (lactones) is 1. The fourth-order valence-corrected chi connectivity index (χ4v) is 10.5. The maximum Gasteiger partial charge on any atom is 0.434 e. The zero-order valence-electron chi connectivity index (χ0n) is 44.3. The number of nitrogens with zero attached hydrogens (tertiary/aromatic N) is 2. The van der Waals surface area contributed by atoms with Crippen molar-refractivity contribution in [3.05, 3.63) is 47.6 Å². The van der Waals surface area contributed by atoms with Crippen LogP contribution in [0, 0.1) is 35.5 Å². The summed E-state index contributed by atoms with van der Waals surface area (Å²) in [4.78, 5) is 89.8. The van der Waals surface area contributed by atoms with E-state index in [1.807, 2.05) is 51.2 Å². The number of amides is 2. The van der Waals surface area contributed by atoms with Crippen LogP contribution < -0.4 is 0 Å². The molecule has 2 saturated heterocycles. The molecule has 15 atom stereocenters. The molecule has 1 aliphatic carbocycles. The normalized spacial score (nSPS) is 35.5. The number of ketones is 3. The molecule has 4 rings (SSSR count). The van der Waals surface area contributed by atoms with Crippen molar-refractivity contribution in [2.75, 3.05) is 42.0 Å². The standard InChI is InChI=1S/C54H84N2O15/c1-32-18-14-13-15-19-33(2)44(65-9)30-40-23-21-38(7)54(64,71-40)50(60)51(61)56-25-17-16-20-41(56)52(62)69-45(31-42(57)34(3)27-37(6)48(59)49(67-11)47(58)36(5)26-32)35(4)28-39-22-24-43(46(29-39)66-10)70-53(63)55(8)68-12/h13-15,18-19,27,32,34-36,38-41,43-46,48-49,59,64H,16-17,20-26,28-31H2,1-12H3/t32-,34-,35-,36?,38-,39+,40+,41+,43-,44+,45+,46-,48-,49?,54-/m1/s1. The van der Waals surface area contributed by atoms with Crippen LogP contribution in [0.25, 0.3) is 0 Å². The minimum atomic E-state index is -2.45. The number of hydrogen-bond acceptors (Lipinski definition) is 15. The number of carbonyl (C=O) groups is 6. The molecular weight excluding hydrogens is 917 g/mol. The van der Waals surface area contributed by atoms with Crippen LogP contribution >= 0.6 is 0 Å². The number of esters is 1. The number of carbonyl (C=O) groups excluding carboxylic acids is 6. The summed E-state index contributed by atoms with van der Waals surface area (Å²) in [6.07, 6.45) is 9.88. The number of piperidine rings is 1. The van der Waals surface area contributed by atoms with Crippen molar-refractivity contribution in [3.8, 4) is 0 Å². The summed E-state index contributed by atoms with van der Waals surface area (Å²) >= 11 is 0. The highest BCUT2D eigenvalue weighted by Gasteiger charge is 2.53. The Balaban J connectivity index is 1.69. The number of rotatable bonds is 8. The number of aliphatic hydroxyl groups is 2. The van der Waals surface area contributed by atoms with E-state index in [1.54, 1.807) is 48.0 Å². The Hall–Kier alpha value is -4.10. The number of Topliss-reactive ketones (excluding diaryl/α,β-unsaturated/α-hetero) is 3. The second-order valence-electron chi connectivity index (χ2n) is 20.6. The molecule has 1 saturated carbocycles. The van der Waals surface area contributed by atoms with Gasteiger partial charge in [0.15, 0.2) is 5.78 Å². The van der Waals surface area contributed by atoms with Crippen molar-refractivity contribution in [1.82, 2.24) is 9.96 Å². The summed E-state index contributed by atoms with van der Waals surface area (Å²) in [7, 11) is 7.30. The molecule has 2 unspecified atom stereocenters. The first kappa shape index (κ1) is 59.5. The van der Waals surface area contributed by atoms with Crippen molar-refractivity contribution in [2.45, 2.75) is 180 Å². The Morgan fingerprint density at radius 2 is 1.59 bits per heavy atom. The molecule has 2 N–H and O–H groups in total. The van der Waals surface area contributed by atoms with Gasteiger partial charge in [-0.2, -0.15) is 5.06 Å². The number of fused-ring (bicyclic) bond motifs is 3. The van der Waals surface area contributed by atoms with E-state index in [4.69, 9.17) is 33.3 Å².